The molecule has 1 atom stereocenters. The van der Waals surface area contributed by atoms with Crippen molar-refractivity contribution in [2.75, 3.05) is 18.0 Å². The summed E-state index contributed by atoms with van der Waals surface area (Å²) in [5.41, 5.74) is 7.64. The predicted molar refractivity (Wildman–Crippen MR) is 96.6 cm³/mol. The van der Waals surface area contributed by atoms with Crippen LogP contribution in [0.15, 0.2) is 24.3 Å². The summed E-state index contributed by atoms with van der Waals surface area (Å²) in [5.74, 6) is -0.143. The van der Waals surface area contributed by atoms with Gasteiger partial charge < -0.3 is 16.0 Å². The number of nitrogens with zero attached hydrogens (tertiary/aromatic N) is 1. The Morgan fingerprint density at radius 3 is 2.67 bits per heavy atom. The number of carbonyl (C=O) groups excluding carboxylic acids is 2. The lowest BCUT2D eigenvalue weighted by molar-refractivity contribution is -0.122. The van der Waals surface area contributed by atoms with E-state index in [1.165, 1.54) is 0 Å². The van der Waals surface area contributed by atoms with Crippen LogP contribution in [-0.4, -0.2) is 24.9 Å². The van der Waals surface area contributed by atoms with Crippen LogP contribution in [0.4, 0.5) is 5.69 Å². The molecule has 5 heteroatoms. The molecule has 1 aromatic carbocycles. The Kier molecular flexibility index (Phi) is 7.09. The molecule has 5 nitrogen and oxygen atoms in total. The van der Waals surface area contributed by atoms with Gasteiger partial charge in [0.1, 0.15) is 0 Å². The normalized spacial score (nSPS) is 17.5. The highest BCUT2D eigenvalue weighted by molar-refractivity contribution is 5.77. The Morgan fingerprint density at radius 2 is 2.00 bits per heavy atom. The molecule has 0 aliphatic carbocycles. The highest BCUT2D eigenvalue weighted by Gasteiger charge is 2.23. The average molecular weight is 331 g/mol. The van der Waals surface area contributed by atoms with Crippen LogP contribution in [0, 0.1) is 5.92 Å². The summed E-state index contributed by atoms with van der Waals surface area (Å²) < 4.78 is 0. The zero-order chi connectivity index (χ0) is 17.4. The van der Waals surface area contributed by atoms with Crippen LogP contribution in [0.3, 0.4) is 0 Å². The summed E-state index contributed by atoms with van der Waals surface area (Å²) in [6.45, 7) is 4.35. The van der Waals surface area contributed by atoms with Crippen LogP contribution in [0.2, 0.25) is 0 Å². The number of unbranched alkanes of at least 4 members (excludes halogenated alkanes) is 2. The predicted octanol–water partition coefficient (Wildman–Crippen LogP) is 2.58. The molecule has 0 radical (unpaired) electrons. The van der Waals surface area contributed by atoms with E-state index in [1.807, 2.05) is 12.1 Å². The van der Waals surface area contributed by atoms with Crippen LogP contribution in [-0.2, 0) is 16.1 Å². The molecule has 2 amide bonds. The largest absolute Gasteiger partial charge is 0.371 e. The lowest BCUT2D eigenvalue weighted by Crippen LogP contribution is -2.41. The maximum absolute atomic E-state index is 11.7. The molecule has 1 fully saturated rings. The van der Waals surface area contributed by atoms with Crippen molar-refractivity contribution in [2.24, 2.45) is 11.7 Å². The summed E-state index contributed by atoms with van der Waals surface area (Å²) in [4.78, 5) is 25.3. The highest BCUT2D eigenvalue weighted by Crippen LogP contribution is 2.23. The van der Waals surface area contributed by atoms with Gasteiger partial charge in [-0.25, -0.2) is 0 Å². The van der Waals surface area contributed by atoms with Crippen molar-refractivity contribution in [2.45, 2.75) is 52.0 Å². The zero-order valence-corrected chi connectivity index (χ0v) is 14.6. The molecule has 1 aromatic rings. The number of piperidine rings is 1. The maximum Gasteiger partial charge on any atom is 0.222 e. The number of hydrogen-bond donors (Lipinski definition) is 2. The second-order valence-electron chi connectivity index (χ2n) is 6.59. The standard InChI is InChI=1S/C19H29N3O2/c1-2-3-4-7-18(23)21-13-15-8-10-17(11-9-15)22-12-5-6-16(14-22)19(20)24/h8-11,16H,2-7,12-14H2,1H3,(H2,20,24)(H,21,23)/t16-/m0/s1. The first-order valence-corrected chi connectivity index (χ1v) is 9.00. The van der Waals surface area contributed by atoms with Crippen molar-refractivity contribution < 1.29 is 9.59 Å². The van der Waals surface area contributed by atoms with Crippen LogP contribution in [0.5, 0.6) is 0 Å². The molecule has 1 aliphatic rings. The van der Waals surface area contributed by atoms with E-state index in [9.17, 15) is 9.59 Å². The van der Waals surface area contributed by atoms with E-state index in [4.69, 9.17) is 5.73 Å². The number of rotatable bonds is 8. The Bertz CT molecular complexity index is 542. The van der Waals surface area contributed by atoms with Gasteiger partial charge in [-0.2, -0.15) is 0 Å². The second kappa shape index (κ2) is 9.30. The number of benzene rings is 1. The topological polar surface area (TPSA) is 75.4 Å². The van der Waals surface area contributed by atoms with Crippen molar-refractivity contribution in [1.82, 2.24) is 5.32 Å². The second-order valence-corrected chi connectivity index (χ2v) is 6.59. The lowest BCUT2D eigenvalue weighted by Gasteiger charge is -2.33. The molecule has 24 heavy (non-hydrogen) atoms. The van der Waals surface area contributed by atoms with Gasteiger partial charge in [-0.05, 0) is 37.0 Å². The van der Waals surface area contributed by atoms with E-state index in [2.05, 4.69) is 29.3 Å². The SMILES string of the molecule is CCCCCC(=O)NCc1ccc(N2CCC[C@H](C(N)=O)C2)cc1. The first-order valence-electron chi connectivity index (χ1n) is 9.00. The van der Waals surface area contributed by atoms with E-state index in [0.29, 0.717) is 19.5 Å². The average Bonchev–Trinajstić information content (AvgIpc) is 2.61. The molecule has 0 aromatic heterocycles. The third kappa shape index (κ3) is 5.55. The molecule has 1 saturated heterocycles. The van der Waals surface area contributed by atoms with E-state index in [1.54, 1.807) is 0 Å². The monoisotopic (exact) mass is 331 g/mol. The van der Waals surface area contributed by atoms with E-state index < -0.39 is 0 Å². The van der Waals surface area contributed by atoms with Crippen LogP contribution in [0.25, 0.3) is 0 Å². The molecular formula is C19H29N3O2. The van der Waals surface area contributed by atoms with Crippen molar-refractivity contribution in [3.05, 3.63) is 29.8 Å². The number of nitrogens with one attached hydrogen (secondary N) is 1. The van der Waals surface area contributed by atoms with Gasteiger partial charge in [0.05, 0.1) is 5.92 Å². The van der Waals surface area contributed by atoms with E-state index in [0.717, 1.165) is 49.9 Å². The maximum atomic E-state index is 11.7. The molecule has 0 bridgehead atoms. The molecule has 1 heterocycles. The molecule has 132 valence electrons. The van der Waals surface area contributed by atoms with Gasteiger partial charge in [-0.3, -0.25) is 9.59 Å². The number of carbonyl (C=O) groups is 2. The fraction of sp³-hybridized carbons (Fsp3) is 0.579. The summed E-state index contributed by atoms with van der Waals surface area (Å²) in [6, 6.07) is 8.19. The zero-order valence-electron chi connectivity index (χ0n) is 14.6. The van der Waals surface area contributed by atoms with Crippen LogP contribution >= 0.6 is 0 Å². The molecular weight excluding hydrogens is 302 g/mol. The lowest BCUT2D eigenvalue weighted by atomic mass is 9.97. The number of hydrogen-bond acceptors (Lipinski definition) is 3. The quantitative estimate of drug-likeness (QED) is 0.719. The first kappa shape index (κ1) is 18.3. The fourth-order valence-corrected chi connectivity index (χ4v) is 3.09. The number of anilines is 1. The Hall–Kier alpha value is -2.04. The minimum Gasteiger partial charge on any atom is -0.371 e. The van der Waals surface area contributed by atoms with Crippen LogP contribution < -0.4 is 16.0 Å². The molecule has 1 aliphatic heterocycles. The minimum absolute atomic E-state index is 0.0548. The molecule has 2 rings (SSSR count). The van der Waals surface area contributed by atoms with Crippen LogP contribution in [0.1, 0.15) is 51.0 Å². The summed E-state index contributed by atoms with van der Waals surface area (Å²) in [6.07, 6.45) is 5.66. The highest BCUT2D eigenvalue weighted by atomic mass is 16.2. The van der Waals surface area contributed by atoms with Gasteiger partial charge in [0.25, 0.3) is 0 Å². The van der Waals surface area contributed by atoms with E-state index in [-0.39, 0.29) is 17.7 Å². The van der Waals surface area contributed by atoms with Gasteiger partial charge >= 0.3 is 0 Å². The summed E-state index contributed by atoms with van der Waals surface area (Å²) in [5, 5.41) is 2.97. The van der Waals surface area contributed by atoms with Gasteiger partial charge in [0.15, 0.2) is 0 Å². The number of primary amides is 1. The first-order chi connectivity index (χ1) is 11.6. The smallest absolute Gasteiger partial charge is 0.222 e. The molecule has 0 saturated carbocycles. The van der Waals surface area contributed by atoms with Gasteiger partial charge in [0, 0.05) is 31.7 Å². The van der Waals surface area contributed by atoms with Crippen molar-refractivity contribution in [1.29, 1.82) is 0 Å². The third-order valence-corrected chi connectivity index (χ3v) is 4.62. The minimum atomic E-state index is -0.206. The fourth-order valence-electron chi connectivity index (χ4n) is 3.09. The summed E-state index contributed by atoms with van der Waals surface area (Å²) >= 11 is 0. The third-order valence-electron chi connectivity index (χ3n) is 4.62. The van der Waals surface area contributed by atoms with E-state index >= 15 is 0 Å². The summed E-state index contributed by atoms with van der Waals surface area (Å²) in [7, 11) is 0. The molecule has 0 spiro atoms. The number of nitrogens with two attached hydrogens (primary N) is 1. The van der Waals surface area contributed by atoms with Gasteiger partial charge in [0.2, 0.25) is 11.8 Å². The van der Waals surface area contributed by atoms with Crippen molar-refractivity contribution in [3.63, 3.8) is 0 Å². The Labute approximate surface area is 144 Å². The Morgan fingerprint density at radius 1 is 1.25 bits per heavy atom. The van der Waals surface area contributed by atoms with Crippen molar-refractivity contribution >= 4 is 17.5 Å². The molecule has 0 unspecified atom stereocenters. The van der Waals surface area contributed by atoms with Gasteiger partial charge in [-0.1, -0.05) is 31.9 Å². The number of amides is 2. The molecule has 3 N–H and O–H groups in total. The Balaban J connectivity index is 1.82. The van der Waals surface area contributed by atoms with Gasteiger partial charge in [-0.15, -0.1) is 0 Å². The van der Waals surface area contributed by atoms with Crippen molar-refractivity contribution in [3.8, 4) is 0 Å².